The molecule has 5 aromatic carbocycles. The van der Waals surface area contributed by atoms with E-state index in [2.05, 4.69) is 133 Å². The number of aryl methyl sites for hydroxylation is 2. The molecule has 0 radical (unpaired) electrons. The first-order chi connectivity index (χ1) is 22.8. The second-order valence-electron chi connectivity index (χ2n) is 12.1. The normalized spacial score (nSPS) is 12.6. The van der Waals surface area contributed by atoms with Crippen molar-refractivity contribution in [2.24, 2.45) is 0 Å². The molecule has 0 bridgehead atoms. The summed E-state index contributed by atoms with van der Waals surface area (Å²) in [6.45, 7) is 0. The maximum absolute atomic E-state index is 5.32. The van der Waals surface area contributed by atoms with Crippen LogP contribution in [0.3, 0.4) is 0 Å². The summed E-state index contributed by atoms with van der Waals surface area (Å²) >= 11 is 3.71. The lowest BCUT2D eigenvalue weighted by molar-refractivity contribution is 0.914. The number of benzene rings is 5. The van der Waals surface area contributed by atoms with E-state index in [4.69, 9.17) is 9.97 Å². The van der Waals surface area contributed by atoms with Crippen LogP contribution in [0.15, 0.2) is 133 Å². The number of aromatic nitrogens is 2. The molecule has 0 atom stereocenters. The molecule has 1 aliphatic carbocycles. The van der Waals surface area contributed by atoms with Crippen molar-refractivity contribution in [3.63, 3.8) is 0 Å². The van der Waals surface area contributed by atoms with Crippen LogP contribution in [0.2, 0.25) is 0 Å². The van der Waals surface area contributed by atoms with Crippen molar-refractivity contribution in [3.05, 3.63) is 145 Å². The Bertz CT molecular complexity index is 2640. The summed E-state index contributed by atoms with van der Waals surface area (Å²) in [5.74, 6) is 0. The Labute approximate surface area is 274 Å². The van der Waals surface area contributed by atoms with Gasteiger partial charge in [-0.2, -0.15) is 0 Å². The molecule has 0 saturated carbocycles. The zero-order chi connectivity index (χ0) is 30.2. The maximum atomic E-state index is 5.32. The van der Waals surface area contributed by atoms with Gasteiger partial charge in [0.2, 0.25) is 0 Å². The van der Waals surface area contributed by atoms with Gasteiger partial charge in [-0.15, -0.1) is 22.7 Å². The second-order valence-corrected chi connectivity index (χ2v) is 14.2. The van der Waals surface area contributed by atoms with Crippen LogP contribution in [0.1, 0.15) is 11.1 Å². The smallest absolute Gasteiger partial charge is 0.0928 e. The number of pyridine rings is 2. The van der Waals surface area contributed by atoms with E-state index in [0.29, 0.717) is 0 Å². The fourth-order valence-electron chi connectivity index (χ4n) is 7.06. The van der Waals surface area contributed by atoms with Crippen molar-refractivity contribution in [1.29, 1.82) is 0 Å². The number of thiophene rings is 2. The van der Waals surface area contributed by atoms with Crippen LogP contribution < -0.4 is 0 Å². The molecule has 0 fully saturated rings. The molecule has 216 valence electrons. The van der Waals surface area contributed by atoms with E-state index in [0.717, 1.165) is 41.2 Å². The molecule has 0 spiro atoms. The Morgan fingerprint density at radius 2 is 1.00 bits per heavy atom. The van der Waals surface area contributed by atoms with Gasteiger partial charge in [0.05, 0.1) is 22.8 Å². The fourth-order valence-corrected chi connectivity index (χ4v) is 9.37. The third-order valence-corrected chi connectivity index (χ3v) is 11.8. The summed E-state index contributed by atoms with van der Waals surface area (Å²) in [4.78, 5) is 10.6. The van der Waals surface area contributed by atoms with Crippen LogP contribution in [-0.2, 0) is 12.8 Å². The minimum Gasteiger partial charge on any atom is -0.246 e. The summed E-state index contributed by atoms with van der Waals surface area (Å²) in [5.41, 5.74) is 11.3. The SMILES string of the molecule is c1ccc2c(c1)sc1ccc(-c3ccc(-c4ccc5c(n4)-c4nc(-c6cccc7c6sc6ccccc67)ccc4CC5)cc3)cc12. The number of hydrogen-bond donors (Lipinski definition) is 0. The van der Waals surface area contributed by atoms with Gasteiger partial charge in [0.25, 0.3) is 0 Å². The van der Waals surface area contributed by atoms with E-state index in [1.54, 1.807) is 0 Å². The summed E-state index contributed by atoms with van der Waals surface area (Å²) in [6, 6.07) is 48.5. The highest BCUT2D eigenvalue weighted by Crippen LogP contribution is 2.41. The van der Waals surface area contributed by atoms with Crippen molar-refractivity contribution in [2.45, 2.75) is 12.8 Å². The first kappa shape index (κ1) is 26.1. The summed E-state index contributed by atoms with van der Waals surface area (Å²) in [6.07, 6.45) is 1.98. The highest BCUT2D eigenvalue weighted by atomic mass is 32.1. The molecule has 0 unspecified atom stereocenters. The Morgan fingerprint density at radius 1 is 0.413 bits per heavy atom. The Balaban J connectivity index is 1.02. The van der Waals surface area contributed by atoms with Crippen LogP contribution in [0.25, 0.3) is 85.4 Å². The second kappa shape index (κ2) is 10.2. The van der Waals surface area contributed by atoms with Gasteiger partial charge in [0.1, 0.15) is 0 Å². The molecule has 0 saturated heterocycles. The Hall–Kier alpha value is -5.16. The van der Waals surface area contributed by atoms with Crippen LogP contribution in [0.5, 0.6) is 0 Å². The first-order valence-electron chi connectivity index (χ1n) is 15.7. The molecule has 10 rings (SSSR count). The van der Waals surface area contributed by atoms with Gasteiger partial charge in [-0.25, -0.2) is 9.97 Å². The van der Waals surface area contributed by atoms with Gasteiger partial charge in [-0.3, -0.25) is 0 Å². The predicted molar refractivity (Wildman–Crippen MR) is 197 cm³/mol. The molecule has 1 aliphatic rings. The Kier molecular flexibility index (Phi) is 5.77. The van der Waals surface area contributed by atoms with Crippen molar-refractivity contribution < 1.29 is 0 Å². The van der Waals surface area contributed by atoms with Gasteiger partial charge in [-0.05, 0) is 71.5 Å². The maximum Gasteiger partial charge on any atom is 0.0928 e. The topological polar surface area (TPSA) is 25.8 Å². The average Bonchev–Trinajstić information content (AvgIpc) is 3.69. The largest absolute Gasteiger partial charge is 0.246 e. The monoisotopic (exact) mass is 622 g/mol. The van der Waals surface area contributed by atoms with E-state index in [9.17, 15) is 0 Å². The average molecular weight is 623 g/mol. The molecular weight excluding hydrogens is 597 g/mol. The standard InChI is InChI=1S/C42H26N2S2/c1-4-11-38-30(6-1)32-8-5-9-33(42(32)46-38)36-22-19-28-17-16-27-18-21-35(43-40(27)41(28)44-36)26-14-12-25(13-15-26)29-20-23-39-34(24-29)31-7-2-3-10-37(31)45-39/h1-15,18-24H,16-17H2. The van der Waals surface area contributed by atoms with E-state index in [-0.39, 0.29) is 0 Å². The summed E-state index contributed by atoms with van der Waals surface area (Å²) in [7, 11) is 0. The molecule has 2 nitrogen and oxygen atoms in total. The predicted octanol–water partition coefficient (Wildman–Crippen LogP) is 12.0. The Morgan fingerprint density at radius 3 is 1.78 bits per heavy atom. The highest BCUT2D eigenvalue weighted by Gasteiger charge is 2.21. The molecular formula is C42H26N2S2. The molecule has 4 heterocycles. The van der Waals surface area contributed by atoms with E-state index < -0.39 is 0 Å². The molecule has 0 amide bonds. The minimum atomic E-state index is 0.983. The molecule has 4 aromatic heterocycles. The van der Waals surface area contributed by atoms with E-state index >= 15 is 0 Å². The summed E-state index contributed by atoms with van der Waals surface area (Å²) in [5, 5.41) is 5.26. The number of rotatable bonds is 3. The quantitative estimate of drug-likeness (QED) is 0.196. The van der Waals surface area contributed by atoms with Crippen molar-refractivity contribution in [3.8, 4) is 45.0 Å². The number of fused-ring (bicyclic) bond motifs is 9. The molecule has 0 N–H and O–H groups in total. The van der Waals surface area contributed by atoms with Gasteiger partial charge in [0.15, 0.2) is 0 Å². The van der Waals surface area contributed by atoms with Gasteiger partial charge >= 0.3 is 0 Å². The van der Waals surface area contributed by atoms with Crippen LogP contribution in [-0.4, -0.2) is 9.97 Å². The third-order valence-electron chi connectivity index (χ3n) is 9.42. The molecule has 0 aliphatic heterocycles. The lowest BCUT2D eigenvalue weighted by Gasteiger charge is -2.20. The number of nitrogens with zero attached hydrogens (tertiary/aromatic N) is 2. The van der Waals surface area contributed by atoms with Crippen molar-refractivity contribution >= 4 is 63.0 Å². The van der Waals surface area contributed by atoms with Gasteiger partial charge in [-0.1, -0.05) is 97.1 Å². The van der Waals surface area contributed by atoms with Gasteiger partial charge < -0.3 is 0 Å². The van der Waals surface area contributed by atoms with Crippen molar-refractivity contribution in [1.82, 2.24) is 9.97 Å². The fraction of sp³-hybridized carbons (Fsp3) is 0.0476. The third kappa shape index (κ3) is 4.07. The zero-order valence-electron chi connectivity index (χ0n) is 24.8. The molecule has 46 heavy (non-hydrogen) atoms. The lowest BCUT2D eigenvalue weighted by atomic mass is 9.91. The van der Waals surface area contributed by atoms with Crippen LogP contribution in [0.4, 0.5) is 0 Å². The summed E-state index contributed by atoms with van der Waals surface area (Å²) < 4.78 is 5.27. The zero-order valence-corrected chi connectivity index (χ0v) is 26.5. The molecule has 4 heteroatoms. The van der Waals surface area contributed by atoms with Crippen LogP contribution in [0, 0.1) is 0 Å². The first-order valence-corrected chi connectivity index (χ1v) is 17.3. The van der Waals surface area contributed by atoms with Crippen LogP contribution >= 0.6 is 22.7 Å². The highest BCUT2D eigenvalue weighted by molar-refractivity contribution is 7.26. The lowest BCUT2D eigenvalue weighted by Crippen LogP contribution is -2.08. The number of hydrogen-bond acceptors (Lipinski definition) is 4. The van der Waals surface area contributed by atoms with Crippen molar-refractivity contribution in [2.75, 3.05) is 0 Å². The minimum absolute atomic E-state index is 0.983. The molecule has 9 aromatic rings. The van der Waals surface area contributed by atoms with Gasteiger partial charge in [0, 0.05) is 51.5 Å². The van der Waals surface area contributed by atoms with E-state index in [1.165, 1.54) is 68.2 Å². The van der Waals surface area contributed by atoms with E-state index in [1.807, 2.05) is 22.7 Å².